The molecule has 19 heavy (non-hydrogen) atoms. The van der Waals surface area contributed by atoms with E-state index >= 15 is 0 Å². The second kappa shape index (κ2) is 9.63. The molecular formula is C16H25Cl2N. The molecule has 0 saturated heterocycles. The number of hydrogen-bond acceptors (Lipinski definition) is 1. The second-order valence-corrected chi connectivity index (χ2v) is 6.03. The SMILES string of the molecule is CCCCCCCCCC(N)c1ccc(Cl)cc1Cl. The molecule has 0 aliphatic rings. The summed E-state index contributed by atoms with van der Waals surface area (Å²) in [5.74, 6) is 0. The lowest BCUT2D eigenvalue weighted by molar-refractivity contribution is 0.541. The van der Waals surface area contributed by atoms with Crippen molar-refractivity contribution in [3.63, 3.8) is 0 Å². The van der Waals surface area contributed by atoms with Crippen LogP contribution in [0.4, 0.5) is 0 Å². The van der Waals surface area contributed by atoms with E-state index in [1.54, 1.807) is 6.07 Å². The average Bonchev–Trinajstić information content (AvgIpc) is 2.37. The van der Waals surface area contributed by atoms with Crippen LogP contribution in [0.15, 0.2) is 18.2 Å². The maximum atomic E-state index is 6.18. The molecule has 0 amide bonds. The van der Waals surface area contributed by atoms with Gasteiger partial charge in [-0.1, -0.05) is 81.1 Å². The minimum atomic E-state index is 0.0282. The summed E-state index contributed by atoms with van der Waals surface area (Å²) in [5.41, 5.74) is 7.19. The molecule has 0 spiro atoms. The number of unbranched alkanes of at least 4 members (excludes halogenated alkanes) is 6. The van der Waals surface area contributed by atoms with Gasteiger partial charge in [-0.05, 0) is 24.1 Å². The van der Waals surface area contributed by atoms with Crippen molar-refractivity contribution in [1.82, 2.24) is 0 Å². The van der Waals surface area contributed by atoms with Crippen LogP contribution in [0.5, 0.6) is 0 Å². The lowest BCUT2D eigenvalue weighted by atomic mass is 10.0. The molecule has 0 heterocycles. The van der Waals surface area contributed by atoms with E-state index in [1.165, 1.54) is 44.9 Å². The van der Waals surface area contributed by atoms with Gasteiger partial charge in [0.2, 0.25) is 0 Å². The van der Waals surface area contributed by atoms with Gasteiger partial charge in [0.25, 0.3) is 0 Å². The number of hydrogen-bond donors (Lipinski definition) is 1. The maximum absolute atomic E-state index is 6.18. The van der Waals surface area contributed by atoms with Gasteiger partial charge < -0.3 is 5.73 Å². The van der Waals surface area contributed by atoms with Crippen LogP contribution in [0.25, 0.3) is 0 Å². The van der Waals surface area contributed by atoms with Crippen LogP contribution >= 0.6 is 23.2 Å². The van der Waals surface area contributed by atoms with Crippen LogP contribution in [0, 0.1) is 0 Å². The van der Waals surface area contributed by atoms with Crippen molar-refractivity contribution in [3.05, 3.63) is 33.8 Å². The van der Waals surface area contributed by atoms with Crippen molar-refractivity contribution < 1.29 is 0 Å². The quantitative estimate of drug-likeness (QED) is 0.545. The van der Waals surface area contributed by atoms with Crippen molar-refractivity contribution in [2.24, 2.45) is 5.73 Å². The first-order valence-electron chi connectivity index (χ1n) is 7.35. The van der Waals surface area contributed by atoms with Crippen LogP contribution in [0.1, 0.15) is 69.9 Å². The Morgan fingerprint density at radius 3 is 2.26 bits per heavy atom. The lowest BCUT2D eigenvalue weighted by Gasteiger charge is -2.13. The van der Waals surface area contributed by atoms with E-state index in [1.807, 2.05) is 12.1 Å². The number of nitrogens with two attached hydrogens (primary N) is 1. The van der Waals surface area contributed by atoms with E-state index in [-0.39, 0.29) is 6.04 Å². The summed E-state index contributed by atoms with van der Waals surface area (Å²) in [6.07, 6.45) is 10.1. The van der Waals surface area contributed by atoms with Crippen LogP contribution in [-0.4, -0.2) is 0 Å². The van der Waals surface area contributed by atoms with Gasteiger partial charge in [0.15, 0.2) is 0 Å². The number of rotatable bonds is 9. The molecule has 0 aromatic heterocycles. The van der Waals surface area contributed by atoms with Crippen LogP contribution in [0.2, 0.25) is 10.0 Å². The Morgan fingerprint density at radius 2 is 1.63 bits per heavy atom. The van der Waals surface area contributed by atoms with Gasteiger partial charge in [-0.3, -0.25) is 0 Å². The van der Waals surface area contributed by atoms with Crippen LogP contribution in [0.3, 0.4) is 0 Å². The van der Waals surface area contributed by atoms with Gasteiger partial charge in [-0.2, -0.15) is 0 Å². The fraction of sp³-hybridized carbons (Fsp3) is 0.625. The van der Waals surface area contributed by atoms with Gasteiger partial charge in [0.1, 0.15) is 0 Å². The molecule has 1 rings (SSSR count). The third kappa shape index (κ3) is 6.65. The third-order valence-electron chi connectivity index (χ3n) is 3.48. The zero-order chi connectivity index (χ0) is 14.1. The maximum Gasteiger partial charge on any atom is 0.0468 e. The summed E-state index contributed by atoms with van der Waals surface area (Å²) in [4.78, 5) is 0. The highest BCUT2D eigenvalue weighted by molar-refractivity contribution is 6.35. The Labute approximate surface area is 127 Å². The second-order valence-electron chi connectivity index (χ2n) is 5.18. The molecule has 0 fully saturated rings. The van der Waals surface area contributed by atoms with Gasteiger partial charge in [-0.25, -0.2) is 0 Å². The van der Waals surface area contributed by atoms with Crippen molar-refractivity contribution >= 4 is 23.2 Å². The zero-order valence-corrected chi connectivity index (χ0v) is 13.3. The lowest BCUT2D eigenvalue weighted by Crippen LogP contribution is -2.10. The highest BCUT2D eigenvalue weighted by Crippen LogP contribution is 2.27. The Kier molecular flexibility index (Phi) is 8.52. The first-order chi connectivity index (χ1) is 9.15. The van der Waals surface area contributed by atoms with Crippen molar-refractivity contribution in [3.8, 4) is 0 Å². The monoisotopic (exact) mass is 301 g/mol. The summed E-state index contributed by atoms with van der Waals surface area (Å²) in [6, 6.07) is 5.59. The first kappa shape index (κ1) is 16.8. The van der Waals surface area contributed by atoms with Gasteiger partial charge in [-0.15, -0.1) is 0 Å². The topological polar surface area (TPSA) is 26.0 Å². The summed E-state index contributed by atoms with van der Waals surface area (Å²) in [5, 5.41) is 1.35. The van der Waals surface area contributed by atoms with Crippen LogP contribution < -0.4 is 5.73 Å². The molecule has 1 unspecified atom stereocenters. The van der Waals surface area contributed by atoms with E-state index in [9.17, 15) is 0 Å². The van der Waals surface area contributed by atoms with E-state index in [0.717, 1.165) is 12.0 Å². The molecule has 1 atom stereocenters. The molecule has 0 aliphatic carbocycles. The zero-order valence-electron chi connectivity index (χ0n) is 11.8. The highest BCUT2D eigenvalue weighted by Gasteiger charge is 2.10. The smallest absolute Gasteiger partial charge is 0.0468 e. The molecule has 0 bridgehead atoms. The summed E-state index contributed by atoms with van der Waals surface area (Å²) < 4.78 is 0. The molecule has 108 valence electrons. The molecular weight excluding hydrogens is 277 g/mol. The number of benzene rings is 1. The van der Waals surface area contributed by atoms with Crippen LogP contribution in [-0.2, 0) is 0 Å². The van der Waals surface area contributed by atoms with Gasteiger partial charge in [0.05, 0.1) is 0 Å². The first-order valence-corrected chi connectivity index (χ1v) is 8.11. The third-order valence-corrected chi connectivity index (χ3v) is 4.04. The molecule has 3 heteroatoms. The predicted molar refractivity (Wildman–Crippen MR) is 86.0 cm³/mol. The van der Waals surface area contributed by atoms with E-state index in [4.69, 9.17) is 28.9 Å². The standard InChI is InChI=1S/C16H25Cl2N/c1-2-3-4-5-6-7-8-9-16(19)14-11-10-13(17)12-15(14)18/h10-12,16H,2-9,19H2,1H3. The van der Waals surface area contributed by atoms with E-state index in [2.05, 4.69) is 6.92 Å². The fourth-order valence-electron chi connectivity index (χ4n) is 2.28. The van der Waals surface area contributed by atoms with Gasteiger partial charge >= 0.3 is 0 Å². The highest BCUT2D eigenvalue weighted by atomic mass is 35.5. The van der Waals surface area contributed by atoms with Crippen molar-refractivity contribution in [1.29, 1.82) is 0 Å². The predicted octanol–water partition coefficient (Wildman–Crippen LogP) is 6.13. The molecule has 1 aromatic carbocycles. The van der Waals surface area contributed by atoms with E-state index in [0.29, 0.717) is 10.0 Å². The largest absolute Gasteiger partial charge is 0.324 e. The summed E-state index contributed by atoms with van der Waals surface area (Å²) in [6.45, 7) is 2.24. The van der Waals surface area contributed by atoms with E-state index < -0.39 is 0 Å². The Hall–Kier alpha value is -0.240. The average molecular weight is 302 g/mol. The minimum Gasteiger partial charge on any atom is -0.324 e. The molecule has 2 N–H and O–H groups in total. The normalized spacial score (nSPS) is 12.6. The molecule has 0 radical (unpaired) electrons. The Balaban J connectivity index is 2.22. The minimum absolute atomic E-state index is 0.0282. The summed E-state index contributed by atoms with van der Waals surface area (Å²) in [7, 11) is 0. The van der Waals surface area contributed by atoms with Crippen molar-refractivity contribution in [2.75, 3.05) is 0 Å². The fourth-order valence-corrected chi connectivity index (χ4v) is 2.83. The van der Waals surface area contributed by atoms with Gasteiger partial charge in [0, 0.05) is 16.1 Å². The molecule has 1 nitrogen and oxygen atoms in total. The molecule has 0 aliphatic heterocycles. The number of halogens is 2. The molecule has 0 saturated carbocycles. The summed E-state index contributed by atoms with van der Waals surface area (Å²) >= 11 is 12.0. The Bertz CT molecular complexity index is 366. The molecule has 1 aromatic rings. The van der Waals surface area contributed by atoms with Crippen molar-refractivity contribution in [2.45, 2.75) is 64.3 Å². The Morgan fingerprint density at radius 1 is 1.00 bits per heavy atom.